The summed E-state index contributed by atoms with van der Waals surface area (Å²) in [4.78, 5) is 26.4. The van der Waals surface area contributed by atoms with Gasteiger partial charge in [-0.05, 0) is 53.2 Å². The molecule has 3 heterocycles. The van der Waals surface area contributed by atoms with Gasteiger partial charge in [0, 0.05) is 36.6 Å². The van der Waals surface area contributed by atoms with Crippen molar-refractivity contribution in [2.24, 2.45) is 0 Å². The van der Waals surface area contributed by atoms with Crippen molar-refractivity contribution in [3.05, 3.63) is 69.2 Å². The second kappa shape index (κ2) is 10.0. The molecule has 9 nitrogen and oxygen atoms in total. The van der Waals surface area contributed by atoms with Crippen molar-refractivity contribution in [1.82, 2.24) is 23.7 Å². The van der Waals surface area contributed by atoms with E-state index in [1.807, 2.05) is 0 Å². The van der Waals surface area contributed by atoms with Crippen molar-refractivity contribution in [2.45, 2.75) is 12.7 Å². The Morgan fingerprint density at radius 2 is 1.92 bits per heavy atom. The summed E-state index contributed by atoms with van der Waals surface area (Å²) >= 11 is 6.52. The molecule has 2 fully saturated rings. The van der Waals surface area contributed by atoms with E-state index in [9.17, 15) is 31.2 Å². The first kappa shape index (κ1) is 26.7. The largest absolute Gasteiger partial charge is 0.416 e. The minimum atomic E-state index is -4.57. The van der Waals surface area contributed by atoms with Crippen LogP contribution in [0.1, 0.15) is 16.7 Å². The fraction of sp³-hybridized carbons (Fsp3) is 0.261. The Hall–Kier alpha value is -2.91. The van der Waals surface area contributed by atoms with Gasteiger partial charge in [-0.3, -0.25) is 19.2 Å². The van der Waals surface area contributed by atoms with E-state index in [1.54, 1.807) is 18.2 Å². The van der Waals surface area contributed by atoms with Gasteiger partial charge in [-0.2, -0.15) is 31.0 Å². The van der Waals surface area contributed by atoms with Gasteiger partial charge in [-0.1, -0.05) is 23.7 Å². The van der Waals surface area contributed by atoms with Gasteiger partial charge in [-0.25, -0.2) is 4.72 Å². The summed E-state index contributed by atoms with van der Waals surface area (Å²) < 4.78 is 69.1. The molecule has 2 aliphatic heterocycles. The number of thioether (sulfide) groups is 1. The Morgan fingerprint density at radius 1 is 1.13 bits per heavy atom. The number of aromatic nitrogens is 2. The fourth-order valence-electron chi connectivity index (χ4n) is 4.23. The molecule has 2 aromatic carbocycles. The highest BCUT2D eigenvalue weighted by molar-refractivity contribution is 8.18. The number of rotatable bonds is 6. The molecule has 0 aliphatic carbocycles. The van der Waals surface area contributed by atoms with Crippen LogP contribution in [0.4, 0.5) is 18.0 Å². The summed E-state index contributed by atoms with van der Waals surface area (Å²) in [6.45, 7) is 0.328. The van der Waals surface area contributed by atoms with Crippen molar-refractivity contribution >= 4 is 61.7 Å². The van der Waals surface area contributed by atoms with Gasteiger partial charge < -0.3 is 0 Å². The van der Waals surface area contributed by atoms with E-state index in [0.29, 0.717) is 16.5 Å². The van der Waals surface area contributed by atoms with Gasteiger partial charge >= 0.3 is 6.18 Å². The minimum absolute atomic E-state index is 0.00449. The molecule has 200 valence electrons. The lowest BCUT2D eigenvalue weighted by atomic mass is 10.1. The maximum absolute atomic E-state index is 13.5. The summed E-state index contributed by atoms with van der Waals surface area (Å²) in [7, 11) is -3.58. The van der Waals surface area contributed by atoms with E-state index in [1.165, 1.54) is 33.4 Å². The predicted molar refractivity (Wildman–Crippen MR) is 136 cm³/mol. The van der Waals surface area contributed by atoms with Crippen LogP contribution in [0.2, 0.25) is 5.02 Å². The third-order valence-corrected chi connectivity index (χ3v) is 8.85. The SMILES string of the molecule is O=C1SC(=Cc2ccc3c(cnn3Cc3ccc(Cl)cc3C(F)(F)F)c2)C(=O)N1CCN1CCNS1(=O)=O. The minimum Gasteiger partial charge on any atom is -0.268 e. The number of halogens is 4. The van der Waals surface area contributed by atoms with E-state index in [4.69, 9.17) is 11.6 Å². The van der Waals surface area contributed by atoms with Gasteiger partial charge in [0.25, 0.3) is 21.4 Å². The Balaban J connectivity index is 1.33. The molecular weight excluding hydrogens is 567 g/mol. The van der Waals surface area contributed by atoms with E-state index < -0.39 is 33.1 Å². The molecule has 0 saturated carbocycles. The monoisotopic (exact) mass is 585 g/mol. The number of alkyl halides is 3. The molecule has 15 heteroatoms. The predicted octanol–water partition coefficient (Wildman–Crippen LogP) is 3.94. The summed E-state index contributed by atoms with van der Waals surface area (Å²) in [6.07, 6.45) is -1.53. The molecule has 5 rings (SSSR count). The molecule has 1 N–H and O–H groups in total. The zero-order chi connectivity index (χ0) is 27.2. The van der Waals surface area contributed by atoms with Gasteiger partial charge in [0.1, 0.15) is 0 Å². The molecule has 38 heavy (non-hydrogen) atoms. The number of amides is 2. The van der Waals surface area contributed by atoms with E-state index in [-0.39, 0.29) is 48.2 Å². The molecular formula is C23H19ClF3N5O4S2. The van der Waals surface area contributed by atoms with E-state index in [2.05, 4.69) is 9.82 Å². The summed E-state index contributed by atoms with van der Waals surface area (Å²) in [5.74, 6) is -0.525. The lowest BCUT2D eigenvalue weighted by molar-refractivity contribution is -0.138. The number of imide groups is 1. The van der Waals surface area contributed by atoms with Gasteiger partial charge in [0.05, 0.1) is 28.7 Å². The molecule has 1 aromatic heterocycles. The number of benzene rings is 2. The smallest absolute Gasteiger partial charge is 0.268 e. The first-order valence-electron chi connectivity index (χ1n) is 11.2. The van der Waals surface area contributed by atoms with Crippen LogP contribution in [0.15, 0.2) is 47.5 Å². The highest BCUT2D eigenvalue weighted by atomic mass is 35.5. The van der Waals surface area contributed by atoms with Crippen molar-refractivity contribution in [3.63, 3.8) is 0 Å². The Kier molecular flexibility index (Phi) is 7.02. The van der Waals surface area contributed by atoms with Gasteiger partial charge in [0.2, 0.25) is 0 Å². The van der Waals surface area contributed by atoms with Crippen LogP contribution in [-0.2, 0) is 27.7 Å². The van der Waals surface area contributed by atoms with Crippen LogP contribution in [0, 0.1) is 0 Å². The molecule has 0 radical (unpaired) electrons. The van der Waals surface area contributed by atoms with Crippen LogP contribution in [0.3, 0.4) is 0 Å². The second-order valence-corrected chi connectivity index (χ2v) is 11.7. The molecule has 0 unspecified atom stereocenters. The van der Waals surface area contributed by atoms with Crippen molar-refractivity contribution in [3.8, 4) is 0 Å². The van der Waals surface area contributed by atoms with Crippen LogP contribution in [0.5, 0.6) is 0 Å². The van der Waals surface area contributed by atoms with Crippen LogP contribution in [0.25, 0.3) is 17.0 Å². The average molecular weight is 586 g/mol. The third kappa shape index (κ3) is 5.31. The summed E-state index contributed by atoms with van der Waals surface area (Å²) in [6, 6.07) is 8.65. The Bertz CT molecular complexity index is 1590. The first-order chi connectivity index (χ1) is 17.9. The number of fused-ring (bicyclic) bond motifs is 1. The quantitative estimate of drug-likeness (QED) is 0.440. The fourth-order valence-corrected chi connectivity index (χ4v) is 6.45. The molecule has 0 spiro atoms. The van der Waals surface area contributed by atoms with Crippen molar-refractivity contribution in [2.75, 3.05) is 26.2 Å². The average Bonchev–Trinajstić information content (AvgIpc) is 3.48. The molecule has 2 saturated heterocycles. The lowest BCUT2D eigenvalue weighted by Gasteiger charge is -2.17. The topological polar surface area (TPSA) is 105 Å². The number of nitrogens with one attached hydrogen (secondary N) is 1. The van der Waals surface area contributed by atoms with E-state index in [0.717, 1.165) is 22.7 Å². The molecule has 2 amide bonds. The zero-order valence-electron chi connectivity index (χ0n) is 19.4. The molecule has 0 bridgehead atoms. The highest BCUT2D eigenvalue weighted by Crippen LogP contribution is 2.35. The summed E-state index contributed by atoms with van der Waals surface area (Å²) in [5, 5.41) is 4.34. The lowest BCUT2D eigenvalue weighted by Crippen LogP contribution is -2.39. The number of hydrogen-bond donors (Lipinski definition) is 1. The number of carbonyl (C=O) groups is 2. The standard InChI is InChI=1S/C23H19ClF3N5O4S2/c24-17-3-2-15(18(11-17)23(25,26)27)13-32-19-4-1-14(9-16(19)12-28-32)10-20-21(33)31(22(34)37-20)8-7-30-6-5-29-38(30,35)36/h1-4,9-12,29H,5-8,13H2. The maximum Gasteiger partial charge on any atom is 0.416 e. The number of hydrogen-bond acceptors (Lipinski definition) is 6. The van der Waals surface area contributed by atoms with Crippen LogP contribution < -0.4 is 4.72 Å². The van der Waals surface area contributed by atoms with Gasteiger partial charge in [0.15, 0.2) is 0 Å². The zero-order valence-corrected chi connectivity index (χ0v) is 21.8. The van der Waals surface area contributed by atoms with Crippen molar-refractivity contribution < 1.29 is 31.2 Å². The number of nitrogens with zero attached hydrogens (tertiary/aromatic N) is 4. The molecule has 3 aromatic rings. The summed E-state index contributed by atoms with van der Waals surface area (Å²) in [5.41, 5.74) is 0.358. The Labute approximate surface area is 224 Å². The van der Waals surface area contributed by atoms with E-state index >= 15 is 0 Å². The van der Waals surface area contributed by atoms with Crippen LogP contribution >= 0.6 is 23.4 Å². The highest BCUT2D eigenvalue weighted by Gasteiger charge is 2.37. The first-order valence-corrected chi connectivity index (χ1v) is 13.9. The normalized spacial score (nSPS) is 19.4. The molecule has 2 aliphatic rings. The third-order valence-electron chi connectivity index (χ3n) is 6.09. The second-order valence-electron chi connectivity index (χ2n) is 8.55. The van der Waals surface area contributed by atoms with Gasteiger partial charge in [-0.15, -0.1) is 0 Å². The van der Waals surface area contributed by atoms with Crippen LogP contribution in [-0.4, -0.2) is 64.7 Å². The Morgan fingerprint density at radius 3 is 2.63 bits per heavy atom. The van der Waals surface area contributed by atoms with Crippen molar-refractivity contribution in [1.29, 1.82) is 0 Å². The number of carbonyl (C=O) groups excluding carboxylic acids is 2. The molecule has 0 atom stereocenters. The maximum atomic E-state index is 13.5.